The SMILES string of the molecule is COCCN(C(=O)C(=O)NCC(C)C)C1CCS(=O)(=O)C1. The first kappa shape index (κ1) is 17.9. The second-order valence-corrected chi connectivity index (χ2v) is 7.88. The first-order valence-electron chi connectivity index (χ1n) is 7.05. The molecule has 1 N–H and O–H groups in total. The Labute approximate surface area is 125 Å². The van der Waals surface area contributed by atoms with Crippen LogP contribution in [0.5, 0.6) is 0 Å². The summed E-state index contributed by atoms with van der Waals surface area (Å²) in [6.07, 6.45) is 0.370. The van der Waals surface area contributed by atoms with E-state index >= 15 is 0 Å². The molecule has 0 radical (unpaired) electrons. The number of hydrogen-bond donors (Lipinski definition) is 1. The number of hydrogen-bond acceptors (Lipinski definition) is 5. The van der Waals surface area contributed by atoms with Gasteiger partial charge in [-0.2, -0.15) is 0 Å². The van der Waals surface area contributed by atoms with Crippen molar-refractivity contribution in [2.24, 2.45) is 5.92 Å². The van der Waals surface area contributed by atoms with E-state index in [1.165, 1.54) is 12.0 Å². The van der Waals surface area contributed by atoms with Gasteiger partial charge in [0.05, 0.1) is 18.1 Å². The molecular formula is C13H24N2O5S. The highest BCUT2D eigenvalue weighted by Gasteiger charge is 2.36. The molecule has 1 fully saturated rings. The number of nitrogens with zero attached hydrogens (tertiary/aromatic N) is 1. The Morgan fingerprint density at radius 2 is 2.05 bits per heavy atom. The maximum atomic E-state index is 12.2. The van der Waals surface area contributed by atoms with Gasteiger partial charge in [0.2, 0.25) is 0 Å². The van der Waals surface area contributed by atoms with Crippen LogP contribution in [0.25, 0.3) is 0 Å². The van der Waals surface area contributed by atoms with E-state index in [0.29, 0.717) is 13.0 Å². The molecule has 0 aromatic rings. The molecule has 7 nitrogen and oxygen atoms in total. The molecule has 0 saturated carbocycles. The van der Waals surface area contributed by atoms with E-state index in [4.69, 9.17) is 4.74 Å². The summed E-state index contributed by atoms with van der Waals surface area (Å²) < 4.78 is 28.1. The highest BCUT2D eigenvalue weighted by atomic mass is 32.2. The van der Waals surface area contributed by atoms with Gasteiger partial charge in [0, 0.05) is 26.2 Å². The molecule has 1 aliphatic heterocycles. The molecule has 0 spiro atoms. The third kappa shape index (κ3) is 5.62. The van der Waals surface area contributed by atoms with Gasteiger partial charge in [-0.05, 0) is 12.3 Å². The lowest BCUT2D eigenvalue weighted by molar-refractivity contribution is -0.147. The molecular weight excluding hydrogens is 296 g/mol. The fourth-order valence-corrected chi connectivity index (χ4v) is 3.89. The van der Waals surface area contributed by atoms with Crippen LogP contribution < -0.4 is 5.32 Å². The van der Waals surface area contributed by atoms with E-state index < -0.39 is 27.7 Å². The quantitative estimate of drug-likeness (QED) is 0.661. The zero-order valence-electron chi connectivity index (χ0n) is 12.8. The van der Waals surface area contributed by atoms with Crippen molar-refractivity contribution in [3.8, 4) is 0 Å². The van der Waals surface area contributed by atoms with E-state index in [0.717, 1.165) is 0 Å². The summed E-state index contributed by atoms with van der Waals surface area (Å²) in [4.78, 5) is 25.4. The van der Waals surface area contributed by atoms with Crippen LogP contribution in [-0.4, -0.2) is 69.5 Å². The van der Waals surface area contributed by atoms with Gasteiger partial charge >= 0.3 is 11.8 Å². The van der Waals surface area contributed by atoms with Crippen LogP contribution >= 0.6 is 0 Å². The molecule has 1 heterocycles. The molecule has 0 aromatic carbocycles. The molecule has 2 amide bonds. The lowest BCUT2D eigenvalue weighted by atomic mass is 10.2. The average Bonchev–Trinajstić information content (AvgIpc) is 2.76. The first-order valence-corrected chi connectivity index (χ1v) is 8.87. The normalized spacial score (nSPS) is 20.5. The minimum Gasteiger partial charge on any atom is -0.383 e. The Balaban J connectivity index is 2.72. The standard InChI is InChI=1S/C13H24N2O5S/c1-10(2)8-14-12(16)13(17)15(5-6-20-3)11-4-7-21(18,19)9-11/h10-11H,4-9H2,1-3H3,(H,14,16). The number of carbonyl (C=O) groups is 2. The van der Waals surface area contributed by atoms with E-state index in [-0.39, 0.29) is 30.6 Å². The zero-order valence-corrected chi connectivity index (χ0v) is 13.6. The molecule has 0 aliphatic carbocycles. The maximum absolute atomic E-state index is 12.2. The van der Waals surface area contributed by atoms with Crippen molar-refractivity contribution in [2.75, 3.05) is 38.3 Å². The van der Waals surface area contributed by atoms with Crippen LogP contribution in [0.3, 0.4) is 0 Å². The fraction of sp³-hybridized carbons (Fsp3) is 0.846. The molecule has 1 rings (SSSR count). The third-order valence-electron chi connectivity index (χ3n) is 3.31. The van der Waals surface area contributed by atoms with Gasteiger partial charge in [-0.1, -0.05) is 13.8 Å². The van der Waals surface area contributed by atoms with Crippen LogP contribution in [0, 0.1) is 5.92 Å². The summed E-state index contributed by atoms with van der Waals surface area (Å²) in [5, 5.41) is 2.56. The summed E-state index contributed by atoms with van der Waals surface area (Å²) in [7, 11) is -1.62. The second kappa shape index (κ2) is 7.74. The van der Waals surface area contributed by atoms with Gasteiger partial charge in [0.1, 0.15) is 0 Å². The van der Waals surface area contributed by atoms with Crippen molar-refractivity contribution in [1.29, 1.82) is 0 Å². The Bertz CT molecular complexity index is 475. The monoisotopic (exact) mass is 320 g/mol. The number of amides is 2. The van der Waals surface area contributed by atoms with Crippen molar-refractivity contribution in [1.82, 2.24) is 10.2 Å². The maximum Gasteiger partial charge on any atom is 0.312 e. The topological polar surface area (TPSA) is 92.8 Å². The number of ether oxygens (including phenoxy) is 1. The Morgan fingerprint density at radius 3 is 2.52 bits per heavy atom. The first-order chi connectivity index (χ1) is 9.76. The second-order valence-electron chi connectivity index (χ2n) is 5.65. The van der Waals surface area contributed by atoms with Crippen molar-refractivity contribution in [3.63, 3.8) is 0 Å². The van der Waals surface area contributed by atoms with Gasteiger partial charge in [-0.15, -0.1) is 0 Å². The molecule has 21 heavy (non-hydrogen) atoms. The van der Waals surface area contributed by atoms with Gasteiger partial charge < -0.3 is 15.0 Å². The lowest BCUT2D eigenvalue weighted by Gasteiger charge is -2.27. The average molecular weight is 320 g/mol. The van der Waals surface area contributed by atoms with E-state index in [1.54, 1.807) is 0 Å². The van der Waals surface area contributed by atoms with Gasteiger partial charge in [0.15, 0.2) is 9.84 Å². The van der Waals surface area contributed by atoms with Crippen molar-refractivity contribution >= 4 is 21.7 Å². The number of nitrogens with one attached hydrogen (secondary N) is 1. The van der Waals surface area contributed by atoms with Gasteiger partial charge in [0.25, 0.3) is 0 Å². The summed E-state index contributed by atoms with van der Waals surface area (Å²) in [6.45, 7) is 4.74. The van der Waals surface area contributed by atoms with Gasteiger partial charge in [-0.3, -0.25) is 9.59 Å². The van der Waals surface area contributed by atoms with E-state index in [1.807, 2.05) is 13.8 Å². The Hall–Kier alpha value is -1.15. The fourth-order valence-electron chi connectivity index (χ4n) is 2.16. The number of sulfone groups is 1. The molecule has 122 valence electrons. The van der Waals surface area contributed by atoms with Gasteiger partial charge in [-0.25, -0.2) is 8.42 Å². The van der Waals surface area contributed by atoms with Crippen LogP contribution in [0.1, 0.15) is 20.3 Å². The van der Waals surface area contributed by atoms with Crippen LogP contribution in [-0.2, 0) is 24.2 Å². The van der Waals surface area contributed by atoms with Crippen LogP contribution in [0.4, 0.5) is 0 Å². The van der Waals surface area contributed by atoms with Crippen LogP contribution in [0.15, 0.2) is 0 Å². The number of rotatable bonds is 6. The molecule has 1 saturated heterocycles. The van der Waals surface area contributed by atoms with Crippen molar-refractivity contribution in [2.45, 2.75) is 26.3 Å². The summed E-state index contributed by atoms with van der Waals surface area (Å²) in [5.74, 6) is -1.16. The predicted molar refractivity (Wildman–Crippen MR) is 78.5 cm³/mol. The summed E-state index contributed by atoms with van der Waals surface area (Å²) in [5.41, 5.74) is 0. The van der Waals surface area contributed by atoms with E-state index in [2.05, 4.69) is 5.32 Å². The zero-order chi connectivity index (χ0) is 16.0. The lowest BCUT2D eigenvalue weighted by Crippen LogP contribution is -2.50. The molecule has 1 aliphatic rings. The van der Waals surface area contributed by atoms with Crippen molar-refractivity contribution in [3.05, 3.63) is 0 Å². The number of carbonyl (C=O) groups excluding carboxylic acids is 2. The Kier molecular flexibility index (Phi) is 6.60. The predicted octanol–water partition coefficient (Wildman–Crippen LogP) is -0.579. The number of methoxy groups -OCH3 is 1. The molecule has 0 bridgehead atoms. The van der Waals surface area contributed by atoms with Crippen molar-refractivity contribution < 1.29 is 22.7 Å². The van der Waals surface area contributed by atoms with E-state index in [9.17, 15) is 18.0 Å². The highest BCUT2D eigenvalue weighted by molar-refractivity contribution is 7.91. The Morgan fingerprint density at radius 1 is 1.38 bits per heavy atom. The minimum absolute atomic E-state index is 0.0576. The molecule has 1 atom stereocenters. The molecule has 1 unspecified atom stereocenters. The summed E-state index contributed by atoms with van der Waals surface area (Å²) >= 11 is 0. The summed E-state index contributed by atoms with van der Waals surface area (Å²) in [6, 6.07) is -0.442. The molecule has 8 heteroatoms. The van der Waals surface area contributed by atoms with Crippen LogP contribution in [0.2, 0.25) is 0 Å². The third-order valence-corrected chi connectivity index (χ3v) is 5.06. The highest BCUT2D eigenvalue weighted by Crippen LogP contribution is 2.18. The molecule has 0 aromatic heterocycles. The largest absolute Gasteiger partial charge is 0.383 e. The minimum atomic E-state index is -3.12. The smallest absolute Gasteiger partial charge is 0.312 e.